The summed E-state index contributed by atoms with van der Waals surface area (Å²) in [5.74, 6) is -1.07. The van der Waals surface area contributed by atoms with Crippen molar-refractivity contribution in [1.82, 2.24) is 9.55 Å². The fourth-order valence-electron chi connectivity index (χ4n) is 3.30. The van der Waals surface area contributed by atoms with Gasteiger partial charge < -0.3 is 29.2 Å². The zero-order valence-corrected chi connectivity index (χ0v) is 16.0. The Morgan fingerprint density at radius 3 is 2.57 bits per heavy atom. The lowest BCUT2D eigenvalue weighted by Crippen LogP contribution is -2.41. The Kier molecular flexibility index (Phi) is 5.36. The molecule has 3 heterocycles. The number of aromatic amines is 1. The van der Waals surface area contributed by atoms with Crippen molar-refractivity contribution in [1.29, 1.82) is 0 Å². The van der Waals surface area contributed by atoms with Crippen LogP contribution in [-0.2, 0) is 23.3 Å². The van der Waals surface area contributed by atoms with Crippen molar-refractivity contribution in [2.75, 3.05) is 6.61 Å². The zero-order valence-electron chi connectivity index (χ0n) is 15.1. The molecule has 0 bridgehead atoms. The van der Waals surface area contributed by atoms with Crippen LogP contribution in [0.1, 0.15) is 31.3 Å². The molecule has 2 saturated heterocycles. The number of oxime groups is 1. The summed E-state index contributed by atoms with van der Waals surface area (Å²) in [5.41, 5.74) is -1.45. The molecule has 2 aliphatic heterocycles. The largest absolute Gasteiger partial charge is 0.469 e. The maximum Gasteiger partial charge on any atom is 0.469 e. The average Bonchev–Trinajstić information content (AvgIpc) is 3.04. The van der Waals surface area contributed by atoms with Crippen molar-refractivity contribution in [2.45, 2.75) is 51.1 Å². The van der Waals surface area contributed by atoms with Gasteiger partial charge in [-0.2, -0.15) is 0 Å². The van der Waals surface area contributed by atoms with Gasteiger partial charge in [0.05, 0.1) is 18.5 Å². The van der Waals surface area contributed by atoms with Crippen LogP contribution in [0.15, 0.2) is 14.7 Å². The third kappa shape index (κ3) is 3.96. The maximum absolute atomic E-state index is 12.5. The van der Waals surface area contributed by atoms with Crippen molar-refractivity contribution >= 4 is 14.0 Å². The first kappa shape index (κ1) is 20.9. The lowest BCUT2D eigenvalue weighted by molar-refractivity contribution is -0.200. The Morgan fingerprint density at radius 1 is 1.32 bits per heavy atom. The molecule has 2 aliphatic rings. The van der Waals surface area contributed by atoms with E-state index < -0.39 is 56.0 Å². The highest BCUT2D eigenvalue weighted by Crippen LogP contribution is 2.45. The summed E-state index contributed by atoms with van der Waals surface area (Å²) in [4.78, 5) is 44.4. The first-order valence-electron chi connectivity index (χ1n) is 8.17. The molecule has 0 unspecified atom stereocenters. The van der Waals surface area contributed by atoms with E-state index >= 15 is 0 Å². The van der Waals surface area contributed by atoms with Gasteiger partial charge >= 0.3 is 13.5 Å². The first-order valence-corrected chi connectivity index (χ1v) is 9.70. The summed E-state index contributed by atoms with van der Waals surface area (Å²) in [6, 6.07) is 0. The van der Waals surface area contributed by atoms with E-state index in [1.165, 1.54) is 6.92 Å². The standard InChI is InChI=1S/C14H20N3O10P/c1-6-7(4-15-20)17(13(19)16-11(6)18)12-10-9(26-14(2,3)27-10)8(25-12)5-24-28(21,22)23/h4,8-10,12,20H,5H2,1-3H3,(H,16,18,19)(H2,21,22,23)/b15-4+/t8-,9-,10-,12-/m1/s1. The Hall–Kier alpha value is -1.86. The van der Waals surface area contributed by atoms with Crippen molar-refractivity contribution < 1.29 is 38.3 Å². The minimum absolute atomic E-state index is 0.0233. The predicted octanol–water partition coefficient (Wildman–Crippen LogP) is -0.820. The van der Waals surface area contributed by atoms with E-state index in [0.717, 1.165) is 10.8 Å². The number of fused-ring (bicyclic) bond motifs is 1. The second-order valence-corrected chi connectivity index (χ2v) is 8.04. The molecule has 0 radical (unpaired) electrons. The van der Waals surface area contributed by atoms with Gasteiger partial charge in [-0.05, 0) is 20.8 Å². The topological polar surface area (TPSA) is 182 Å². The molecular formula is C14H20N3O10P. The highest BCUT2D eigenvalue weighted by Gasteiger charge is 2.56. The van der Waals surface area contributed by atoms with Crippen LogP contribution in [-0.4, -0.2) is 61.5 Å². The Morgan fingerprint density at radius 2 is 1.96 bits per heavy atom. The number of H-pyrrole nitrogens is 1. The summed E-state index contributed by atoms with van der Waals surface area (Å²) < 4.78 is 33.9. The van der Waals surface area contributed by atoms with Crippen molar-refractivity contribution in [2.24, 2.45) is 5.16 Å². The highest BCUT2D eigenvalue weighted by molar-refractivity contribution is 7.46. The van der Waals surface area contributed by atoms with Crippen LogP contribution >= 0.6 is 7.82 Å². The number of nitrogens with zero attached hydrogens (tertiary/aromatic N) is 2. The van der Waals surface area contributed by atoms with Crippen LogP contribution < -0.4 is 11.2 Å². The van der Waals surface area contributed by atoms with E-state index in [9.17, 15) is 14.2 Å². The Balaban J connectivity index is 2.05. The molecule has 0 saturated carbocycles. The van der Waals surface area contributed by atoms with Gasteiger partial charge in [0, 0.05) is 5.56 Å². The number of nitrogens with one attached hydrogen (secondary N) is 1. The number of aromatic nitrogens is 2. The zero-order chi connectivity index (χ0) is 20.9. The molecule has 0 aliphatic carbocycles. The summed E-state index contributed by atoms with van der Waals surface area (Å²) in [6.45, 7) is 4.14. The Labute approximate surface area is 157 Å². The van der Waals surface area contributed by atoms with E-state index in [1.807, 2.05) is 0 Å². The molecule has 1 aromatic rings. The third-order valence-corrected chi connectivity index (χ3v) is 4.88. The fourth-order valence-corrected chi connectivity index (χ4v) is 3.64. The molecule has 1 aromatic heterocycles. The van der Waals surface area contributed by atoms with Crippen molar-refractivity contribution in [3.63, 3.8) is 0 Å². The normalized spacial score (nSPS) is 29.5. The van der Waals surface area contributed by atoms with E-state index in [0.29, 0.717) is 0 Å². The molecule has 156 valence electrons. The number of ether oxygens (including phenoxy) is 3. The van der Waals surface area contributed by atoms with E-state index in [1.54, 1.807) is 13.8 Å². The SMILES string of the molecule is Cc1c(/C=N/O)n([C@@H]2O[C@H](COP(=O)(O)O)[C@H]3OC(C)(C)O[C@H]32)c(=O)[nH]c1=O. The van der Waals surface area contributed by atoms with Crippen LogP contribution in [0.4, 0.5) is 0 Å². The molecule has 3 rings (SSSR count). The van der Waals surface area contributed by atoms with Gasteiger partial charge in [-0.1, -0.05) is 5.16 Å². The van der Waals surface area contributed by atoms with E-state index in [4.69, 9.17) is 29.2 Å². The van der Waals surface area contributed by atoms with Gasteiger partial charge in [0.1, 0.15) is 18.3 Å². The molecule has 0 amide bonds. The summed E-state index contributed by atoms with van der Waals surface area (Å²) in [5, 5.41) is 11.8. The molecule has 4 N–H and O–H groups in total. The van der Waals surface area contributed by atoms with Crippen LogP contribution in [0.3, 0.4) is 0 Å². The fraction of sp³-hybridized carbons (Fsp3) is 0.643. The average molecular weight is 421 g/mol. The van der Waals surface area contributed by atoms with Gasteiger partial charge in [0.15, 0.2) is 12.0 Å². The number of hydrogen-bond acceptors (Lipinski definition) is 9. The van der Waals surface area contributed by atoms with Gasteiger partial charge in [-0.15, -0.1) is 0 Å². The maximum atomic E-state index is 12.5. The molecule has 28 heavy (non-hydrogen) atoms. The lowest BCUT2D eigenvalue weighted by Gasteiger charge is -2.26. The molecule has 0 spiro atoms. The minimum atomic E-state index is -4.77. The third-order valence-electron chi connectivity index (χ3n) is 4.39. The monoisotopic (exact) mass is 421 g/mol. The van der Waals surface area contributed by atoms with E-state index in [-0.39, 0.29) is 11.3 Å². The molecule has 14 heteroatoms. The molecule has 4 atom stereocenters. The number of phosphoric ester groups is 1. The van der Waals surface area contributed by atoms with Crippen LogP contribution in [0.25, 0.3) is 0 Å². The summed E-state index contributed by atoms with van der Waals surface area (Å²) in [7, 11) is -4.77. The molecule has 2 fully saturated rings. The molecule has 13 nitrogen and oxygen atoms in total. The van der Waals surface area contributed by atoms with Crippen LogP contribution in [0, 0.1) is 6.92 Å². The number of hydrogen-bond donors (Lipinski definition) is 4. The summed E-state index contributed by atoms with van der Waals surface area (Å²) >= 11 is 0. The quantitative estimate of drug-likeness (QED) is 0.203. The molecule has 0 aromatic carbocycles. The van der Waals surface area contributed by atoms with Crippen LogP contribution in [0.2, 0.25) is 0 Å². The highest BCUT2D eigenvalue weighted by atomic mass is 31.2. The van der Waals surface area contributed by atoms with Gasteiger partial charge in [0.25, 0.3) is 5.56 Å². The van der Waals surface area contributed by atoms with Gasteiger partial charge in [-0.25, -0.2) is 9.36 Å². The second-order valence-electron chi connectivity index (χ2n) is 6.80. The molecular weight excluding hydrogens is 401 g/mol. The predicted molar refractivity (Wildman–Crippen MR) is 91.2 cm³/mol. The van der Waals surface area contributed by atoms with Crippen LogP contribution in [0.5, 0.6) is 0 Å². The lowest BCUT2D eigenvalue weighted by atomic mass is 10.1. The smallest absolute Gasteiger partial charge is 0.411 e. The minimum Gasteiger partial charge on any atom is -0.411 e. The van der Waals surface area contributed by atoms with Gasteiger partial charge in [0.2, 0.25) is 0 Å². The summed E-state index contributed by atoms with van der Waals surface area (Å²) in [6.07, 6.45) is -2.90. The number of phosphoric acid groups is 1. The van der Waals surface area contributed by atoms with Crippen molar-refractivity contribution in [3.8, 4) is 0 Å². The Bertz CT molecular complexity index is 948. The number of rotatable bonds is 5. The second kappa shape index (κ2) is 7.19. The van der Waals surface area contributed by atoms with Gasteiger partial charge in [-0.3, -0.25) is 18.9 Å². The first-order chi connectivity index (χ1) is 12.9. The van der Waals surface area contributed by atoms with Crippen molar-refractivity contribution in [3.05, 3.63) is 32.1 Å². The van der Waals surface area contributed by atoms with E-state index in [2.05, 4.69) is 14.7 Å².